The standard InChI is InChI=1S/C12H14ClF2NO/c1-16-6-4-12(17,5-7-16)10-8(13)2-3-9(14)11(10)15/h2-3,17H,4-7H2,1H3. The van der Waals surface area contributed by atoms with E-state index in [-0.39, 0.29) is 10.6 Å². The van der Waals surface area contributed by atoms with Gasteiger partial charge in [-0.25, -0.2) is 8.78 Å². The fourth-order valence-corrected chi connectivity index (χ4v) is 2.51. The van der Waals surface area contributed by atoms with Crippen molar-refractivity contribution in [3.63, 3.8) is 0 Å². The van der Waals surface area contributed by atoms with Gasteiger partial charge in [0.2, 0.25) is 0 Å². The smallest absolute Gasteiger partial charge is 0.166 e. The normalized spacial score (nSPS) is 20.5. The molecule has 1 aliphatic rings. The number of likely N-dealkylation sites (tertiary alicyclic amines) is 1. The molecule has 2 rings (SSSR count). The Labute approximate surface area is 104 Å². The molecular weight excluding hydrogens is 248 g/mol. The molecule has 1 heterocycles. The number of halogens is 3. The maximum Gasteiger partial charge on any atom is 0.166 e. The van der Waals surface area contributed by atoms with Gasteiger partial charge in [0.05, 0.1) is 5.60 Å². The summed E-state index contributed by atoms with van der Waals surface area (Å²) in [5.74, 6) is -2.01. The molecule has 1 aliphatic heterocycles. The van der Waals surface area contributed by atoms with Crippen molar-refractivity contribution in [2.75, 3.05) is 20.1 Å². The molecule has 5 heteroatoms. The van der Waals surface area contributed by atoms with Gasteiger partial charge in [-0.15, -0.1) is 0 Å². The van der Waals surface area contributed by atoms with E-state index in [1.165, 1.54) is 6.07 Å². The fourth-order valence-electron chi connectivity index (χ4n) is 2.19. The Hall–Kier alpha value is -0.710. The van der Waals surface area contributed by atoms with Crippen molar-refractivity contribution in [3.05, 3.63) is 34.4 Å². The first-order valence-electron chi connectivity index (χ1n) is 5.49. The molecule has 17 heavy (non-hydrogen) atoms. The van der Waals surface area contributed by atoms with Crippen molar-refractivity contribution in [2.45, 2.75) is 18.4 Å². The minimum Gasteiger partial charge on any atom is -0.385 e. The lowest BCUT2D eigenvalue weighted by Crippen LogP contribution is -2.41. The van der Waals surface area contributed by atoms with Crippen LogP contribution in [0.15, 0.2) is 12.1 Å². The third-order valence-electron chi connectivity index (χ3n) is 3.32. The molecule has 0 amide bonds. The Balaban J connectivity index is 2.43. The first-order chi connectivity index (χ1) is 7.94. The molecule has 0 spiro atoms. The van der Waals surface area contributed by atoms with Gasteiger partial charge in [0.25, 0.3) is 0 Å². The molecule has 1 saturated heterocycles. The average molecular weight is 262 g/mol. The molecule has 0 unspecified atom stereocenters. The molecular formula is C12H14ClF2NO. The van der Waals surface area contributed by atoms with Crippen LogP contribution in [0.2, 0.25) is 5.02 Å². The molecule has 0 radical (unpaired) electrons. The van der Waals surface area contributed by atoms with E-state index in [4.69, 9.17) is 11.6 Å². The van der Waals surface area contributed by atoms with Crippen LogP contribution in [0.3, 0.4) is 0 Å². The van der Waals surface area contributed by atoms with Crippen LogP contribution in [0, 0.1) is 11.6 Å². The van der Waals surface area contributed by atoms with Gasteiger partial charge in [-0.3, -0.25) is 0 Å². The Morgan fingerprint density at radius 1 is 1.29 bits per heavy atom. The largest absolute Gasteiger partial charge is 0.385 e. The van der Waals surface area contributed by atoms with Crippen LogP contribution < -0.4 is 0 Å². The van der Waals surface area contributed by atoms with Gasteiger partial charge in [0.1, 0.15) is 0 Å². The number of hydrogen-bond donors (Lipinski definition) is 1. The Bertz CT molecular complexity index is 431. The highest BCUT2D eigenvalue weighted by atomic mass is 35.5. The molecule has 0 atom stereocenters. The maximum absolute atomic E-state index is 13.8. The second-order valence-electron chi connectivity index (χ2n) is 4.55. The summed E-state index contributed by atoms with van der Waals surface area (Å²) < 4.78 is 27.0. The van der Waals surface area contributed by atoms with E-state index in [1.807, 2.05) is 11.9 Å². The van der Waals surface area contributed by atoms with Gasteiger partial charge in [-0.05, 0) is 32.0 Å². The van der Waals surface area contributed by atoms with E-state index in [0.717, 1.165) is 6.07 Å². The third-order valence-corrected chi connectivity index (χ3v) is 3.64. The SMILES string of the molecule is CN1CCC(O)(c2c(Cl)ccc(F)c2F)CC1. The van der Waals surface area contributed by atoms with Crippen molar-refractivity contribution >= 4 is 11.6 Å². The zero-order valence-corrected chi connectivity index (χ0v) is 10.3. The molecule has 2 nitrogen and oxygen atoms in total. The topological polar surface area (TPSA) is 23.5 Å². The van der Waals surface area contributed by atoms with E-state index >= 15 is 0 Å². The van der Waals surface area contributed by atoms with Gasteiger partial charge >= 0.3 is 0 Å². The van der Waals surface area contributed by atoms with Gasteiger partial charge < -0.3 is 10.0 Å². The highest BCUT2D eigenvalue weighted by Gasteiger charge is 2.37. The Morgan fingerprint density at radius 2 is 1.88 bits per heavy atom. The van der Waals surface area contributed by atoms with Gasteiger partial charge in [0, 0.05) is 23.7 Å². The molecule has 1 aromatic carbocycles. The molecule has 0 aliphatic carbocycles. The van der Waals surface area contributed by atoms with Crippen molar-refractivity contribution in [1.82, 2.24) is 4.90 Å². The molecule has 0 aromatic heterocycles. The molecule has 94 valence electrons. The zero-order chi connectivity index (χ0) is 12.6. The van der Waals surface area contributed by atoms with Crippen LogP contribution in [0.25, 0.3) is 0 Å². The number of nitrogens with zero attached hydrogens (tertiary/aromatic N) is 1. The highest BCUT2D eigenvalue weighted by molar-refractivity contribution is 6.31. The summed E-state index contributed by atoms with van der Waals surface area (Å²) in [5, 5.41) is 10.5. The van der Waals surface area contributed by atoms with Crippen LogP contribution in [-0.2, 0) is 5.60 Å². The number of rotatable bonds is 1. The number of benzene rings is 1. The Kier molecular flexibility index (Phi) is 3.39. The summed E-state index contributed by atoms with van der Waals surface area (Å²) in [7, 11) is 1.92. The summed E-state index contributed by atoms with van der Waals surface area (Å²) in [6.07, 6.45) is 0.702. The lowest BCUT2D eigenvalue weighted by Gasteiger charge is -2.37. The molecule has 0 bridgehead atoms. The van der Waals surface area contributed by atoms with E-state index in [0.29, 0.717) is 25.9 Å². The van der Waals surface area contributed by atoms with Crippen LogP contribution in [-0.4, -0.2) is 30.1 Å². The van der Waals surface area contributed by atoms with Gasteiger partial charge in [0.15, 0.2) is 11.6 Å². The number of piperidine rings is 1. The summed E-state index contributed by atoms with van der Waals surface area (Å²) in [6.45, 7) is 1.26. The zero-order valence-electron chi connectivity index (χ0n) is 9.51. The first kappa shape index (κ1) is 12.7. The lowest BCUT2D eigenvalue weighted by atomic mass is 9.84. The minimum atomic E-state index is -1.37. The predicted molar refractivity (Wildman–Crippen MR) is 62.0 cm³/mol. The molecule has 1 N–H and O–H groups in total. The predicted octanol–water partition coefficient (Wildman–Crippen LogP) is 2.53. The highest BCUT2D eigenvalue weighted by Crippen LogP contribution is 2.38. The quantitative estimate of drug-likeness (QED) is 0.786. The van der Waals surface area contributed by atoms with Crippen LogP contribution >= 0.6 is 11.6 Å². The van der Waals surface area contributed by atoms with Gasteiger partial charge in [-0.1, -0.05) is 11.6 Å². The second-order valence-corrected chi connectivity index (χ2v) is 4.96. The van der Waals surface area contributed by atoms with Crippen LogP contribution in [0.4, 0.5) is 8.78 Å². The van der Waals surface area contributed by atoms with E-state index < -0.39 is 17.2 Å². The van der Waals surface area contributed by atoms with E-state index in [1.54, 1.807) is 0 Å². The fraction of sp³-hybridized carbons (Fsp3) is 0.500. The summed E-state index contributed by atoms with van der Waals surface area (Å²) >= 11 is 5.88. The monoisotopic (exact) mass is 261 g/mol. The van der Waals surface area contributed by atoms with Crippen molar-refractivity contribution in [3.8, 4) is 0 Å². The second kappa shape index (κ2) is 4.52. The lowest BCUT2D eigenvalue weighted by molar-refractivity contribution is -0.0233. The van der Waals surface area contributed by atoms with Crippen molar-refractivity contribution in [1.29, 1.82) is 0 Å². The van der Waals surface area contributed by atoms with Crippen LogP contribution in [0.5, 0.6) is 0 Å². The van der Waals surface area contributed by atoms with Crippen LogP contribution in [0.1, 0.15) is 18.4 Å². The maximum atomic E-state index is 13.8. The van der Waals surface area contributed by atoms with E-state index in [2.05, 4.69) is 0 Å². The number of hydrogen-bond acceptors (Lipinski definition) is 2. The summed E-state index contributed by atoms with van der Waals surface area (Å²) in [6, 6.07) is 2.26. The van der Waals surface area contributed by atoms with E-state index in [9.17, 15) is 13.9 Å². The minimum absolute atomic E-state index is 0.0796. The molecule has 1 fully saturated rings. The number of aliphatic hydroxyl groups is 1. The first-order valence-corrected chi connectivity index (χ1v) is 5.87. The molecule has 0 saturated carbocycles. The summed E-state index contributed by atoms with van der Waals surface area (Å²) in [5.41, 5.74) is -1.47. The van der Waals surface area contributed by atoms with Crippen molar-refractivity contribution in [2.24, 2.45) is 0 Å². The molecule has 1 aromatic rings. The summed E-state index contributed by atoms with van der Waals surface area (Å²) in [4.78, 5) is 2.03. The third kappa shape index (κ3) is 2.30. The van der Waals surface area contributed by atoms with Gasteiger partial charge in [-0.2, -0.15) is 0 Å². The average Bonchev–Trinajstić information content (AvgIpc) is 2.29. The van der Waals surface area contributed by atoms with Crippen molar-refractivity contribution < 1.29 is 13.9 Å². The Morgan fingerprint density at radius 3 is 2.47 bits per heavy atom.